The molecule has 2 aromatic rings. The van der Waals surface area contributed by atoms with Crippen molar-refractivity contribution < 1.29 is 27.2 Å². The van der Waals surface area contributed by atoms with E-state index in [2.05, 4.69) is 10.1 Å². The molecule has 0 heterocycles. The van der Waals surface area contributed by atoms with Gasteiger partial charge in [0, 0.05) is 12.1 Å². The van der Waals surface area contributed by atoms with Crippen molar-refractivity contribution >= 4 is 11.4 Å². The number of nitro benzene ring substituents is 1. The van der Waals surface area contributed by atoms with Gasteiger partial charge < -0.3 is 10.1 Å². The molecule has 0 bridgehead atoms. The number of nitrogens with one attached hydrogen (secondary N) is 1. The average Bonchev–Trinajstić information content (AvgIpc) is 2.45. The van der Waals surface area contributed by atoms with Crippen LogP contribution in [0.15, 0.2) is 42.5 Å². The maximum absolute atomic E-state index is 13.0. The minimum Gasteiger partial charge on any atom is -0.405 e. The molecule has 0 fully saturated rings. The predicted molar refractivity (Wildman–Crippen MR) is 73.5 cm³/mol. The third-order valence-corrected chi connectivity index (χ3v) is 2.82. The minimum atomic E-state index is -4.85. The van der Waals surface area contributed by atoms with Crippen LogP contribution in [0.1, 0.15) is 5.56 Å². The van der Waals surface area contributed by atoms with E-state index in [-0.39, 0.29) is 17.8 Å². The summed E-state index contributed by atoms with van der Waals surface area (Å²) in [6, 6.07) is 8.24. The SMILES string of the molecule is O=[N+]([O-])c1cc(F)ccc1NCc1ccccc1OC(F)(F)F. The van der Waals surface area contributed by atoms with Crippen molar-refractivity contribution in [3.05, 3.63) is 64.0 Å². The first-order valence-electron chi connectivity index (χ1n) is 6.28. The highest BCUT2D eigenvalue weighted by atomic mass is 19.4. The summed E-state index contributed by atoms with van der Waals surface area (Å²) in [6.07, 6.45) is -4.85. The Hall–Kier alpha value is -2.84. The lowest BCUT2D eigenvalue weighted by molar-refractivity contribution is -0.384. The molecular formula is C14H10F4N2O3. The summed E-state index contributed by atoms with van der Waals surface area (Å²) in [7, 11) is 0. The lowest BCUT2D eigenvalue weighted by Gasteiger charge is -2.14. The van der Waals surface area contributed by atoms with Gasteiger partial charge in [0.2, 0.25) is 0 Å². The third-order valence-electron chi connectivity index (χ3n) is 2.82. The zero-order valence-corrected chi connectivity index (χ0v) is 11.4. The number of rotatable bonds is 5. The van der Waals surface area contributed by atoms with Crippen LogP contribution in [-0.4, -0.2) is 11.3 Å². The van der Waals surface area contributed by atoms with Gasteiger partial charge in [-0.3, -0.25) is 10.1 Å². The number of hydrogen-bond acceptors (Lipinski definition) is 4. The van der Waals surface area contributed by atoms with Gasteiger partial charge in [-0.2, -0.15) is 0 Å². The molecule has 0 saturated carbocycles. The molecule has 0 aliphatic heterocycles. The summed E-state index contributed by atoms with van der Waals surface area (Å²) in [6.45, 7) is -0.168. The van der Waals surface area contributed by atoms with E-state index in [9.17, 15) is 27.7 Å². The molecule has 0 unspecified atom stereocenters. The Morgan fingerprint density at radius 2 is 1.87 bits per heavy atom. The lowest BCUT2D eigenvalue weighted by Crippen LogP contribution is -2.18. The Labute approximate surface area is 127 Å². The second-order valence-electron chi connectivity index (χ2n) is 4.43. The number of alkyl halides is 3. The lowest BCUT2D eigenvalue weighted by atomic mass is 10.2. The van der Waals surface area contributed by atoms with Crippen LogP contribution in [0.5, 0.6) is 5.75 Å². The third kappa shape index (κ3) is 4.56. The predicted octanol–water partition coefficient (Wildman–Crippen LogP) is 4.24. The zero-order chi connectivity index (χ0) is 17.0. The normalized spacial score (nSPS) is 11.1. The molecule has 9 heteroatoms. The summed E-state index contributed by atoms with van der Waals surface area (Å²) < 4.78 is 53.9. The Bertz CT molecular complexity index is 719. The van der Waals surface area contributed by atoms with Crippen molar-refractivity contribution in [1.29, 1.82) is 0 Å². The number of para-hydroxylation sites is 1. The highest BCUT2D eigenvalue weighted by Crippen LogP contribution is 2.29. The van der Waals surface area contributed by atoms with Gasteiger partial charge in [-0.15, -0.1) is 13.2 Å². The molecular weight excluding hydrogens is 320 g/mol. The van der Waals surface area contributed by atoms with Crippen LogP contribution in [0.2, 0.25) is 0 Å². The van der Waals surface area contributed by atoms with Crippen molar-refractivity contribution in [3.8, 4) is 5.75 Å². The van der Waals surface area contributed by atoms with Gasteiger partial charge in [-0.05, 0) is 18.2 Å². The van der Waals surface area contributed by atoms with Crippen molar-refractivity contribution in [2.45, 2.75) is 12.9 Å². The van der Waals surface area contributed by atoms with Gasteiger partial charge in [0.25, 0.3) is 5.69 Å². The molecule has 0 aromatic heterocycles. The Morgan fingerprint density at radius 1 is 1.17 bits per heavy atom. The van der Waals surface area contributed by atoms with E-state index in [0.717, 1.165) is 24.3 Å². The van der Waals surface area contributed by atoms with Crippen LogP contribution in [0.25, 0.3) is 0 Å². The van der Waals surface area contributed by atoms with Crippen molar-refractivity contribution in [2.75, 3.05) is 5.32 Å². The summed E-state index contributed by atoms with van der Waals surface area (Å²) in [5.41, 5.74) is -0.388. The van der Waals surface area contributed by atoms with E-state index < -0.39 is 28.5 Å². The number of ether oxygens (including phenoxy) is 1. The maximum atomic E-state index is 13.0. The zero-order valence-electron chi connectivity index (χ0n) is 11.4. The number of nitro groups is 1. The van der Waals surface area contributed by atoms with E-state index in [0.29, 0.717) is 0 Å². The van der Waals surface area contributed by atoms with Gasteiger partial charge in [0.05, 0.1) is 11.0 Å². The fourth-order valence-electron chi connectivity index (χ4n) is 1.87. The highest BCUT2D eigenvalue weighted by molar-refractivity contribution is 5.61. The monoisotopic (exact) mass is 330 g/mol. The van der Waals surface area contributed by atoms with Gasteiger partial charge in [-0.1, -0.05) is 18.2 Å². The standard InChI is InChI=1S/C14H10F4N2O3/c15-10-5-6-11(12(7-10)20(21)22)19-8-9-3-1-2-4-13(9)23-14(16,17)18/h1-7,19H,8H2. The number of benzene rings is 2. The van der Waals surface area contributed by atoms with Crippen LogP contribution in [0.3, 0.4) is 0 Å². The molecule has 122 valence electrons. The molecule has 2 aromatic carbocycles. The molecule has 0 amide bonds. The molecule has 2 rings (SSSR count). The van der Waals surface area contributed by atoms with Crippen LogP contribution >= 0.6 is 0 Å². The van der Waals surface area contributed by atoms with Crippen molar-refractivity contribution in [3.63, 3.8) is 0 Å². The Kier molecular flexibility index (Phi) is 4.68. The second kappa shape index (κ2) is 6.51. The molecule has 0 atom stereocenters. The number of hydrogen-bond donors (Lipinski definition) is 1. The largest absolute Gasteiger partial charge is 0.573 e. The molecule has 0 spiro atoms. The van der Waals surface area contributed by atoms with Crippen LogP contribution < -0.4 is 10.1 Å². The fraction of sp³-hybridized carbons (Fsp3) is 0.143. The molecule has 0 aliphatic rings. The van der Waals surface area contributed by atoms with Gasteiger partial charge in [0.15, 0.2) is 0 Å². The molecule has 5 nitrogen and oxygen atoms in total. The van der Waals surface area contributed by atoms with Gasteiger partial charge >= 0.3 is 6.36 Å². The molecule has 0 aliphatic carbocycles. The first-order valence-corrected chi connectivity index (χ1v) is 6.28. The highest BCUT2D eigenvalue weighted by Gasteiger charge is 2.32. The Morgan fingerprint density at radius 3 is 2.52 bits per heavy atom. The van der Waals surface area contributed by atoms with Crippen LogP contribution in [-0.2, 0) is 6.54 Å². The van der Waals surface area contributed by atoms with Crippen molar-refractivity contribution in [1.82, 2.24) is 0 Å². The number of halogens is 4. The quantitative estimate of drug-likeness (QED) is 0.506. The van der Waals surface area contributed by atoms with Gasteiger partial charge in [0.1, 0.15) is 17.3 Å². The number of nitrogens with zero attached hydrogens (tertiary/aromatic N) is 1. The van der Waals surface area contributed by atoms with E-state index in [1.165, 1.54) is 18.2 Å². The first kappa shape index (κ1) is 16.5. The van der Waals surface area contributed by atoms with E-state index in [1.54, 1.807) is 0 Å². The average molecular weight is 330 g/mol. The summed E-state index contributed by atoms with van der Waals surface area (Å²) >= 11 is 0. The first-order chi connectivity index (χ1) is 10.8. The minimum absolute atomic E-state index is 0.0155. The molecule has 0 saturated heterocycles. The topological polar surface area (TPSA) is 64.4 Å². The van der Waals surface area contributed by atoms with Gasteiger partial charge in [-0.25, -0.2) is 4.39 Å². The molecule has 0 radical (unpaired) electrons. The second-order valence-corrected chi connectivity index (χ2v) is 4.43. The van der Waals surface area contributed by atoms with E-state index in [1.807, 2.05) is 0 Å². The Balaban J connectivity index is 2.21. The summed E-state index contributed by atoms with van der Waals surface area (Å²) in [4.78, 5) is 10.1. The van der Waals surface area contributed by atoms with Crippen LogP contribution in [0, 0.1) is 15.9 Å². The summed E-state index contributed by atoms with van der Waals surface area (Å²) in [5, 5.41) is 13.5. The molecule has 1 N–H and O–H groups in total. The van der Waals surface area contributed by atoms with Crippen LogP contribution in [0.4, 0.5) is 28.9 Å². The smallest absolute Gasteiger partial charge is 0.405 e. The van der Waals surface area contributed by atoms with Crippen molar-refractivity contribution in [2.24, 2.45) is 0 Å². The van der Waals surface area contributed by atoms with E-state index in [4.69, 9.17) is 0 Å². The van der Waals surface area contributed by atoms with E-state index >= 15 is 0 Å². The number of anilines is 1. The molecule has 23 heavy (non-hydrogen) atoms. The summed E-state index contributed by atoms with van der Waals surface area (Å²) in [5.74, 6) is -1.21. The fourth-order valence-corrected chi connectivity index (χ4v) is 1.87. The maximum Gasteiger partial charge on any atom is 0.573 e.